The summed E-state index contributed by atoms with van der Waals surface area (Å²) in [4.78, 5) is 39.5. The van der Waals surface area contributed by atoms with E-state index in [1.807, 2.05) is 24.5 Å². The summed E-state index contributed by atoms with van der Waals surface area (Å²) in [6.45, 7) is 5.06. The van der Waals surface area contributed by atoms with Crippen LogP contribution in [0.25, 0.3) is 0 Å². The molecule has 1 spiro atoms. The maximum atomic E-state index is 13.0. The van der Waals surface area contributed by atoms with Gasteiger partial charge in [-0.1, -0.05) is 0 Å². The van der Waals surface area contributed by atoms with Gasteiger partial charge in [0.05, 0.1) is 5.41 Å². The van der Waals surface area contributed by atoms with Crippen LogP contribution in [-0.4, -0.2) is 81.4 Å². The van der Waals surface area contributed by atoms with Gasteiger partial charge in [0.15, 0.2) is 0 Å². The molecule has 0 aromatic carbocycles. The van der Waals surface area contributed by atoms with Gasteiger partial charge in [-0.2, -0.15) is 26.3 Å². The van der Waals surface area contributed by atoms with Crippen LogP contribution in [0.5, 0.6) is 0 Å². The lowest BCUT2D eigenvalue weighted by Gasteiger charge is -2.39. The van der Waals surface area contributed by atoms with Crippen LogP contribution >= 0.6 is 0 Å². The highest BCUT2D eigenvalue weighted by molar-refractivity contribution is 5.85. The number of carboxylic acid groups (broad SMARTS) is 2. The summed E-state index contributed by atoms with van der Waals surface area (Å²) in [5.74, 6) is -4.20. The average Bonchev–Trinajstić information content (AvgIpc) is 3.56. The van der Waals surface area contributed by atoms with Gasteiger partial charge in [-0.3, -0.25) is 9.78 Å². The molecule has 3 heterocycles. The van der Waals surface area contributed by atoms with Crippen molar-refractivity contribution in [3.8, 4) is 0 Å². The normalized spacial score (nSPS) is 22.4. The molecule has 1 amide bonds. The predicted molar refractivity (Wildman–Crippen MR) is 112 cm³/mol. The number of carbonyl (C=O) groups is 3. The van der Waals surface area contributed by atoms with Crippen molar-refractivity contribution in [1.29, 1.82) is 0 Å². The Bertz CT molecular complexity index is 884. The van der Waals surface area contributed by atoms with Crippen LogP contribution in [0.3, 0.4) is 0 Å². The second-order valence-corrected chi connectivity index (χ2v) is 9.00. The molecule has 1 unspecified atom stereocenters. The van der Waals surface area contributed by atoms with Crippen LogP contribution < -0.4 is 0 Å². The van der Waals surface area contributed by atoms with Crippen molar-refractivity contribution >= 4 is 17.8 Å². The first-order valence-corrected chi connectivity index (χ1v) is 11.1. The zero-order chi connectivity index (χ0) is 27.1. The summed E-state index contributed by atoms with van der Waals surface area (Å²) < 4.78 is 63.5. The average molecular weight is 527 g/mol. The minimum absolute atomic E-state index is 0.0832. The van der Waals surface area contributed by atoms with Gasteiger partial charge < -0.3 is 20.0 Å². The minimum atomic E-state index is -5.08. The van der Waals surface area contributed by atoms with Crippen LogP contribution in [0, 0.1) is 11.3 Å². The van der Waals surface area contributed by atoms with Gasteiger partial charge in [-0.15, -0.1) is 0 Å². The number of aliphatic carboxylic acids is 2. The third-order valence-corrected chi connectivity index (χ3v) is 6.08. The van der Waals surface area contributed by atoms with Gasteiger partial charge >= 0.3 is 24.3 Å². The molecule has 1 atom stereocenters. The van der Waals surface area contributed by atoms with E-state index in [1.54, 1.807) is 0 Å². The Hall–Kier alpha value is -2.90. The molecular formula is C22H27F6N3O5. The molecule has 3 fully saturated rings. The van der Waals surface area contributed by atoms with Crippen molar-refractivity contribution in [2.45, 2.75) is 51.0 Å². The van der Waals surface area contributed by atoms with Crippen molar-refractivity contribution in [3.05, 3.63) is 30.1 Å². The molecule has 2 N–H and O–H groups in total. The number of pyridine rings is 1. The molecule has 2 saturated heterocycles. The molecule has 2 aliphatic heterocycles. The summed E-state index contributed by atoms with van der Waals surface area (Å²) in [5.41, 5.74) is 1.10. The zero-order valence-corrected chi connectivity index (χ0v) is 19.2. The molecule has 1 aliphatic carbocycles. The second-order valence-electron chi connectivity index (χ2n) is 9.00. The van der Waals surface area contributed by atoms with Crippen LogP contribution in [0.15, 0.2) is 24.5 Å². The van der Waals surface area contributed by atoms with Crippen LogP contribution in [0.1, 0.15) is 37.7 Å². The number of carbonyl (C=O) groups excluding carboxylic acids is 1. The number of likely N-dealkylation sites (tertiary alicyclic amines) is 2. The molecule has 8 nitrogen and oxygen atoms in total. The van der Waals surface area contributed by atoms with Crippen molar-refractivity contribution in [2.24, 2.45) is 11.3 Å². The van der Waals surface area contributed by atoms with Crippen LogP contribution in [-0.2, 0) is 20.9 Å². The smallest absolute Gasteiger partial charge is 0.475 e. The van der Waals surface area contributed by atoms with Gasteiger partial charge in [0.2, 0.25) is 5.91 Å². The number of halogens is 6. The Morgan fingerprint density at radius 3 is 1.97 bits per heavy atom. The number of piperidine rings is 1. The SMILES string of the molecule is O=C(O)C(F)(F)F.O=C(O)C(F)(F)F.O=C1N(Cc2ccncc2)CCC12CCCN(CC1CC1)C2. The number of amides is 1. The number of carboxylic acids is 2. The van der Waals surface area contributed by atoms with E-state index < -0.39 is 24.3 Å². The first-order chi connectivity index (χ1) is 16.6. The summed E-state index contributed by atoms with van der Waals surface area (Å²) in [6.07, 6.45) is -0.454. The van der Waals surface area contributed by atoms with E-state index in [9.17, 15) is 31.1 Å². The predicted octanol–water partition coefficient (Wildman–Crippen LogP) is 3.57. The van der Waals surface area contributed by atoms with Crippen molar-refractivity contribution < 1.29 is 50.9 Å². The van der Waals surface area contributed by atoms with E-state index in [-0.39, 0.29) is 5.41 Å². The molecule has 1 aromatic rings. The number of alkyl halides is 6. The minimum Gasteiger partial charge on any atom is -0.475 e. The Balaban J connectivity index is 0.000000271. The fourth-order valence-electron chi connectivity index (χ4n) is 4.18. The van der Waals surface area contributed by atoms with Crippen LogP contribution in [0.4, 0.5) is 26.3 Å². The molecule has 1 saturated carbocycles. The highest BCUT2D eigenvalue weighted by atomic mass is 19.4. The monoisotopic (exact) mass is 527 g/mol. The summed E-state index contributed by atoms with van der Waals surface area (Å²) in [7, 11) is 0. The number of nitrogens with zero attached hydrogens (tertiary/aromatic N) is 3. The Labute approximate surface area is 202 Å². The van der Waals surface area contributed by atoms with Crippen molar-refractivity contribution in [1.82, 2.24) is 14.8 Å². The van der Waals surface area contributed by atoms with Crippen LogP contribution in [0.2, 0.25) is 0 Å². The molecule has 36 heavy (non-hydrogen) atoms. The first-order valence-electron chi connectivity index (χ1n) is 11.1. The van der Waals surface area contributed by atoms with E-state index >= 15 is 0 Å². The Morgan fingerprint density at radius 1 is 0.972 bits per heavy atom. The maximum Gasteiger partial charge on any atom is 0.490 e. The quantitative estimate of drug-likeness (QED) is 0.576. The largest absolute Gasteiger partial charge is 0.490 e. The topological polar surface area (TPSA) is 111 Å². The second kappa shape index (κ2) is 11.9. The fraction of sp³-hybridized carbons (Fsp3) is 0.636. The molecule has 0 bridgehead atoms. The van der Waals surface area contributed by atoms with Gasteiger partial charge in [0.25, 0.3) is 0 Å². The number of aromatic nitrogens is 1. The standard InChI is InChI=1S/C18H25N3O.2C2HF3O2/c22-17-18(6-1-10-20(14-18)12-15-2-3-15)7-11-21(17)13-16-4-8-19-9-5-16;2*3-2(4,5)1(6)7/h4-5,8-9,15H,1-3,6-7,10-14H2;2*(H,6,7). The highest BCUT2D eigenvalue weighted by Gasteiger charge is 2.49. The lowest BCUT2D eigenvalue weighted by molar-refractivity contribution is -0.193. The Kier molecular flexibility index (Phi) is 9.69. The summed E-state index contributed by atoms with van der Waals surface area (Å²) in [6, 6.07) is 4.02. The lowest BCUT2D eigenvalue weighted by Crippen LogP contribution is -2.48. The number of rotatable bonds is 4. The molecule has 14 heteroatoms. The number of hydrogen-bond donors (Lipinski definition) is 2. The van der Waals surface area contributed by atoms with E-state index in [0.717, 1.165) is 38.4 Å². The van der Waals surface area contributed by atoms with Gasteiger partial charge in [0.1, 0.15) is 0 Å². The van der Waals surface area contributed by atoms with Gasteiger partial charge in [0, 0.05) is 38.6 Å². The molecule has 4 rings (SSSR count). The van der Waals surface area contributed by atoms with Crippen molar-refractivity contribution in [3.63, 3.8) is 0 Å². The van der Waals surface area contributed by atoms with Gasteiger partial charge in [-0.25, -0.2) is 9.59 Å². The molecule has 0 radical (unpaired) electrons. The number of hydrogen-bond acceptors (Lipinski definition) is 5. The van der Waals surface area contributed by atoms with Crippen molar-refractivity contribution in [2.75, 3.05) is 26.2 Å². The lowest BCUT2D eigenvalue weighted by atomic mass is 9.78. The fourth-order valence-corrected chi connectivity index (χ4v) is 4.18. The summed E-state index contributed by atoms with van der Waals surface area (Å²) >= 11 is 0. The van der Waals surface area contributed by atoms with Gasteiger partial charge in [-0.05, 0) is 62.3 Å². The molecule has 3 aliphatic rings. The van der Waals surface area contributed by atoms with E-state index in [2.05, 4.69) is 14.8 Å². The molecule has 1 aromatic heterocycles. The van der Waals surface area contributed by atoms with E-state index in [0.29, 0.717) is 5.91 Å². The third kappa shape index (κ3) is 8.95. The third-order valence-electron chi connectivity index (χ3n) is 6.08. The Morgan fingerprint density at radius 2 is 1.50 bits per heavy atom. The first kappa shape index (κ1) is 29.3. The van der Waals surface area contributed by atoms with E-state index in [4.69, 9.17) is 19.8 Å². The highest BCUT2D eigenvalue weighted by Crippen LogP contribution is 2.42. The zero-order valence-electron chi connectivity index (χ0n) is 19.2. The molecular weight excluding hydrogens is 500 g/mol. The summed E-state index contributed by atoms with van der Waals surface area (Å²) in [5, 5.41) is 14.2. The maximum absolute atomic E-state index is 13.0. The molecule has 202 valence electrons. The van der Waals surface area contributed by atoms with E-state index in [1.165, 1.54) is 37.9 Å².